The Balaban J connectivity index is 1.58. The summed E-state index contributed by atoms with van der Waals surface area (Å²) in [5.74, 6) is -2.01. The molecule has 0 aliphatic heterocycles. The lowest BCUT2D eigenvalue weighted by Crippen LogP contribution is -2.28. The lowest BCUT2D eigenvalue weighted by atomic mass is 10.1. The van der Waals surface area contributed by atoms with Gasteiger partial charge in [0.05, 0.1) is 16.5 Å². The number of para-hydroxylation sites is 1. The predicted octanol–water partition coefficient (Wildman–Crippen LogP) is 2.74. The summed E-state index contributed by atoms with van der Waals surface area (Å²) in [6.45, 7) is 0.556. The molecule has 1 atom stereocenters. The number of aliphatic hydroxyl groups is 1. The second-order valence-electron chi connectivity index (χ2n) is 7.84. The minimum atomic E-state index is -4.87. The molecule has 0 spiro atoms. The number of rotatable bonds is 10. The van der Waals surface area contributed by atoms with Crippen LogP contribution in [0.2, 0.25) is 0 Å². The summed E-state index contributed by atoms with van der Waals surface area (Å²) in [5.41, 5.74) is 1.67. The standard InChI is InChI=1S/C21H24F3N3O5S2/c1-33(29,30)19-7-3-6-17-15(11-26-20(17)19)8-9-25-12-18(28)14-4-2-5-16(10-14)27-34(31,32)13-21(22,23)24/h2-7,10-11,18,25-28H,8-9,12-13H2,1H3/t18-/m0/s1. The number of aromatic amines is 1. The highest BCUT2D eigenvalue weighted by Crippen LogP contribution is 2.25. The van der Waals surface area contributed by atoms with Crippen LogP contribution in [0.5, 0.6) is 0 Å². The number of nitrogens with one attached hydrogen (secondary N) is 3. The summed E-state index contributed by atoms with van der Waals surface area (Å²) >= 11 is 0. The van der Waals surface area contributed by atoms with Crippen LogP contribution in [0.25, 0.3) is 10.9 Å². The fourth-order valence-electron chi connectivity index (χ4n) is 3.52. The average Bonchev–Trinajstić information content (AvgIpc) is 3.11. The topological polar surface area (TPSA) is 128 Å². The molecule has 186 valence electrons. The van der Waals surface area contributed by atoms with Gasteiger partial charge in [-0.2, -0.15) is 13.2 Å². The third kappa shape index (κ3) is 6.95. The molecule has 0 saturated carbocycles. The van der Waals surface area contributed by atoms with Crippen LogP contribution in [0.1, 0.15) is 17.2 Å². The van der Waals surface area contributed by atoms with Crippen molar-refractivity contribution in [3.63, 3.8) is 0 Å². The molecule has 3 rings (SSSR count). The number of alkyl halides is 3. The van der Waals surface area contributed by atoms with Crippen LogP contribution in [0.4, 0.5) is 18.9 Å². The Kier molecular flexibility index (Phi) is 7.60. The van der Waals surface area contributed by atoms with Crippen molar-refractivity contribution in [3.05, 3.63) is 59.8 Å². The Labute approximate surface area is 195 Å². The maximum Gasteiger partial charge on any atom is 0.404 e. The van der Waals surface area contributed by atoms with E-state index in [2.05, 4.69) is 10.3 Å². The van der Waals surface area contributed by atoms with Gasteiger partial charge < -0.3 is 15.4 Å². The number of sulfone groups is 1. The molecule has 0 amide bonds. The summed E-state index contributed by atoms with van der Waals surface area (Å²) < 4.78 is 86.2. The first-order valence-electron chi connectivity index (χ1n) is 10.1. The molecular formula is C21H24F3N3O5S2. The second-order valence-corrected chi connectivity index (χ2v) is 11.5. The van der Waals surface area contributed by atoms with Crippen molar-refractivity contribution in [2.45, 2.75) is 23.6 Å². The highest BCUT2D eigenvalue weighted by atomic mass is 32.2. The van der Waals surface area contributed by atoms with E-state index in [4.69, 9.17) is 0 Å². The summed E-state index contributed by atoms with van der Waals surface area (Å²) in [6, 6.07) is 10.5. The summed E-state index contributed by atoms with van der Waals surface area (Å²) in [6.07, 6.45) is -2.50. The lowest BCUT2D eigenvalue weighted by molar-refractivity contribution is -0.106. The van der Waals surface area contributed by atoms with Gasteiger partial charge in [-0.15, -0.1) is 0 Å². The Morgan fingerprint density at radius 2 is 1.79 bits per heavy atom. The zero-order valence-electron chi connectivity index (χ0n) is 18.1. The van der Waals surface area contributed by atoms with Gasteiger partial charge in [-0.25, -0.2) is 16.8 Å². The van der Waals surface area contributed by atoms with Gasteiger partial charge in [-0.1, -0.05) is 24.3 Å². The Hall–Kier alpha value is -2.61. The normalized spacial score (nSPS) is 13.8. The van der Waals surface area contributed by atoms with E-state index in [1.807, 2.05) is 10.8 Å². The molecule has 0 aliphatic carbocycles. The molecule has 0 aliphatic rings. The molecule has 4 N–H and O–H groups in total. The van der Waals surface area contributed by atoms with E-state index in [1.165, 1.54) is 30.3 Å². The summed E-state index contributed by atoms with van der Waals surface area (Å²) in [4.78, 5) is 3.21. The van der Waals surface area contributed by atoms with E-state index >= 15 is 0 Å². The fraction of sp³-hybridized carbons (Fsp3) is 0.333. The number of sulfonamides is 1. The van der Waals surface area contributed by atoms with E-state index < -0.39 is 37.9 Å². The predicted molar refractivity (Wildman–Crippen MR) is 123 cm³/mol. The van der Waals surface area contributed by atoms with Crippen LogP contribution in [0, 0.1) is 0 Å². The first-order chi connectivity index (χ1) is 15.8. The van der Waals surface area contributed by atoms with Gasteiger partial charge in [0.2, 0.25) is 10.0 Å². The van der Waals surface area contributed by atoms with Gasteiger partial charge in [0, 0.05) is 30.1 Å². The number of aromatic nitrogens is 1. The molecule has 3 aromatic rings. The number of aliphatic hydroxyl groups excluding tert-OH is 1. The number of hydrogen-bond donors (Lipinski definition) is 4. The average molecular weight is 520 g/mol. The number of halogens is 3. The third-order valence-electron chi connectivity index (χ3n) is 4.97. The van der Waals surface area contributed by atoms with Crippen LogP contribution in [0.15, 0.2) is 53.6 Å². The van der Waals surface area contributed by atoms with Crippen molar-refractivity contribution in [2.24, 2.45) is 0 Å². The third-order valence-corrected chi connectivity index (χ3v) is 7.36. The van der Waals surface area contributed by atoms with Crippen LogP contribution in [0.3, 0.4) is 0 Å². The smallest absolute Gasteiger partial charge is 0.387 e. The van der Waals surface area contributed by atoms with Gasteiger partial charge >= 0.3 is 6.18 Å². The number of benzene rings is 2. The molecule has 8 nitrogen and oxygen atoms in total. The van der Waals surface area contributed by atoms with Crippen LogP contribution >= 0.6 is 0 Å². The molecule has 34 heavy (non-hydrogen) atoms. The molecule has 0 unspecified atom stereocenters. The maximum atomic E-state index is 12.4. The Morgan fingerprint density at radius 3 is 2.47 bits per heavy atom. The first kappa shape index (κ1) is 26.0. The SMILES string of the molecule is CS(=O)(=O)c1cccc2c(CCNC[C@H](O)c3cccc(NS(=O)(=O)CC(F)(F)F)c3)c[nH]c12. The van der Waals surface area contributed by atoms with Crippen molar-refractivity contribution in [1.82, 2.24) is 10.3 Å². The number of hydrogen-bond acceptors (Lipinski definition) is 6. The molecule has 0 radical (unpaired) electrons. The van der Waals surface area contributed by atoms with E-state index in [-0.39, 0.29) is 17.1 Å². The molecule has 1 aromatic heterocycles. The lowest BCUT2D eigenvalue weighted by Gasteiger charge is -2.15. The highest BCUT2D eigenvalue weighted by molar-refractivity contribution is 7.92. The fourth-order valence-corrected chi connectivity index (χ4v) is 5.38. The zero-order chi connectivity index (χ0) is 25.1. The van der Waals surface area contributed by atoms with Crippen molar-refractivity contribution >= 4 is 36.5 Å². The van der Waals surface area contributed by atoms with Crippen molar-refractivity contribution < 1.29 is 35.1 Å². The highest BCUT2D eigenvalue weighted by Gasteiger charge is 2.35. The molecule has 2 aromatic carbocycles. The van der Waals surface area contributed by atoms with E-state index in [9.17, 15) is 35.1 Å². The zero-order valence-corrected chi connectivity index (χ0v) is 19.7. The Bertz CT molecular complexity index is 1370. The van der Waals surface area contributed by atoms with E-state index in [0.717, 1.165) is 17.2 Å². The summed E-state index contributed by atoms with van der Waals surface area (Å²) in [5, 5.41) is 14.2. The van der Waals surface area contributed by atoms with E-state index in [0.29, 0.717) is 24.0 Å². The van der Waals surface area contributed by atoms with Crippen molar-refractivity contribution in [3.8, 4) is 0 Å². The number of anilines is 1. The van der Waals surface area contributed by atoms with Crippen molar-refractivity contribution in [2.75, 3.05) is 29.8 Å². The largest absolute Gasteiger partial charge is 0.404 e. The number of H-pyrrole nitrogens is 1. The second kappa shape index (κ2) is 9.94. The minimum absolute atomic E-state index is 0.0822. The number of fused-ring (bicyclic) bond motifs is 1. The van der Waals surface area contributed by atoms with E-state index in [1.54, 1.807) is 12.3 Å². The molecule has 13 heteroatoms. The van der Waals surface area contributed by atoms with Crippen LogP contribution in [-0.4, -0.2) is 58.2 Å². The van der Waals surface area contributed by atoms with Gasteiger partial charge in [-0.05, 0) is 42.3 Å². The molecule has 0 saturated heterocycles. The maximum absolute atomic E-state index is 12.4. The van der Waals surface area contributed by atoms with Gasteiger partial charge in [0.25, 0.3) is 0 Å². The quantitative estimate of drug-likeness (QED) is 0.305. The monoisotopic (exact) mass is 519 g/mol. The van der Waals surface area contributed by atoms with Gasteiger partial charge in [0.15, 0.2) is 15.6 Å². The minimum Gasteiger partial charge on any atom is -0.387 e. The van der Waals surface area contributed by atoms with Crippen LogP contribution in [-0.2, 0) is 26.3 Å². The molecule has 0 bridgehead atoms. The van der Waals surface area contributed by atoms with Crippen molar-refractivity contribution in [1.29, 1.82) is 0 Å². The summed E-state index contributed by atoms with van der Waals surface area (Å²) in [7, 11) is -8.01. The van der Waals surface area contributed by atoms with Gasteiger partial charge in [0.1, 0.15) is 0 Å². The Morgan fingerprint density at radius 1 is 1.09 bits per heavy atom. The molecular weight excluding hydrogens is 495 g/mol. The van der Waals surface area contributed by atoms with Gasteiger partial charge in [-0.3, -0.25) is 4.72 Å². The molecule has 1 heterocycles. The van der Waals surface area contributed by atoms with Crippen LogP contribution < -0.4 is 10.0 Å². The molecule has 0 fully saturated rings. The first-order valence-corrected chi connectivity index (χ1v) is 13.6.